The lowest BCUT2D eigenvalue weighted by Gasteiger charge is -2.21. The third-order valence-electron chi connectivity index (χ3n) is 4.39. The van der Waals surface area contributed by atoms with Crippen LogP contribution in [0.15, 0.2) is 57.6 Å². The number of para-hydroxylation sites is 1. The molecular formula is C20H19N3O2S2. The van der Waals surface area contributed by atoms with Crippen LogP contribution in [-0.4, -0.2) is 16.2 Å². The number of hydrogen-bond acceptors (Lipinski definition) is 5. The van der Waals surface area contributed by atoms with Gasteiger partial charge in [-0.3, -0.25) is 0 Å². The highest BCUT2D eigenvalue weighted by atomic mass is 32.2. The van der Waals surface area contributed by atoms with Crippen LogP contribution in [0.25, 0.3) is 11.3 Å². The molecule has 0 fully saturated rings. The third kappa shape index (κ3) is 3.65. The van der Waals surface area contributed by atoms with Gasteiger partial charge in [-0.05, 0) is 30.2 Å². The molecule has 2 heterocycles. The number of thiazole rings is 1. The minimum atomic E-state index is -1.03. The van der Waals surface area contributed by atoms with Crippen molar-refractivity contribution in [2.45, 2.75) is 29.7 Å². The van der Waals surface area contributed by atoms with Crippen LogP contribution in [0.5, 0.6) is 0 Å². The summed E-state index contributed by atoms with van der Waals surface area (Å²) in [6, 6.07) is 14.2. The first-order valence-corrected chi connectivity index (χ1v) is 10.3. The summed E-state index contributed by atoms with van der Waals surface area (Å²) in [5.41, 5.74) is 4.05. The van der Waals surface area contributed by atoms with Gasteiger partial charge in [-0.25, -0.2) is 9.78 Å². The largest absolute Gasteiger partial charge is 0.465 e. The van der Waals surface area contributed by atoms with Crippen LogP contribution in [0.2, 0.25) is 0 Å². The second kappa shape index (κ2) is 7.25. The zero-order chi connectivity index (χ0) is 19.0. The molecule has 3 N–H and O–H groups in total. The Hall–Kier alpha value is -2.51. The van der Waals surface area contributed by atoms with Crippen LogP contribution < -0.4 is 10.6 Å². The van der Waals surface area contributed by atoms with E-state index in [4.69, 9.17) is 10.1 Å². The maximum Gasteiger partial charge on any atom is 0.405 e. The molecule has 5 nitrogen and oxygen atoms in total. The molecule has 1 unspecified atom stereocenters. The van der Waals surface area contributed by atoms with Gasteiger partial charge >= 0.3 is 6.09 Å². The molecule has 1 atom stereocenters. The fraction of sp³-hybridized carbons (Fsp3) is 0.200. The second-order valence-corrected chi connectivity index (χ2v) is 8.65. The van der Waals surface area contributed by atoms with Gasteiger partial charge in [0.15, 0.2) is 0 Å². The number of benzene rings is 2. The minimum absolute atomic E-state index is 0.123. The molecule has 2 aromatic carbocycles. The second-order valence-electron chi connectivity index (χ2n) is 6.68. The van der Waals surface area contributed by atoms with Gasteiger partial charge in [0, 0.05) is 20.7 Å². The lowest BCUT2D eigenvalue weighted by Crippen LogP contribution is -2.30. The first-order valence-electron chi connectivity index (χ1n) is 8.64. The van der Waals surface area contributed by atoms with Crippen molar-refractivity contribution < 1.29 is 9.90 Å². The zero-order valence-electron chi connectivity index (χ0n) is 14.9. The summed E-state index contributed by atoms with van der Waals surface area (Å²) in [4.78, 5) is 18.2. The molecule has 0 saturated heterocycles. The summed E-state index contributed by atoms with van der Waals surface area (Å²) in [6.45, 7) is 3.97. The average Bonchev–Trinajstić information content (AvgIpc) is 3.13. The van der Waals surface area contributed by atoms with E-state index < -0.39 is 6.09 Å². The Bertz CT molecular complexity index is 1000. The summed E-state index contributed by atoms with van der Waals surface area (Å²) in [5, 5.41) is 17.9. The monoisotopic (exact) mass is 397 g/mol. The predicted molar refractivity (Wildman–Crippen MR) is 110 cm³/mol. The quantitative estimate of drug-likeness (QED) is 0.395. The van der Waals surface area contributed by atoms with Gasteiger partial charge in [-0.2, -0.15) is 0 Å². The molecule has 0 radical (unpaired) electrons. The number of rotatable bonds is 4. The highest BCUT2D eigenvalue weighted by molar-refractivity contribution is 7.99. The normalized spacial score (nSPS) is 13.4. The number of nitrogens with one attached hydrogen (secondary N) is 2. The Labute approximate surface area is 165 Å². The number of aromatic nitrogens is 1. The predicted octanol–water partition coefficient (Wildman–Crippen LogP) is 5.98. The third-order valence-corrected chi connectivity index (χ3v) is 6.46. The van der Waals surface area contributed by atoms with Crippen LogP contribution >= 0.6 is 23.1 Å². The fourth-order valence-corrected chi connectivity index (χ4v) is 5.03. The van der Waals surface area contributed by atoms with Gasteiger partial charge in [-0.1, -0.05) is 43.8 Å². The molecule has 4 rings (SSSR count). The van der Waals surface area contributed by atoms with Gasteiger partial charge < -0.3 is 15.7 Å². The Balaban J connectivity index is 1.62. The lowest BCUT2D eigenvalue weighted by molar-refractivity contribution is 0.186. The van der Waals surface area contributed by atoms with Crippen molar-refractivity contribution in [3.8, 4) is 11.3 Å². The van der Waals surface area contributed by atoms with Crippen molar-refractivity contribution >= 4 is 40.6 Å². The summed E-state index contributed by atoms with van der Waals surface area (Å²) < 4.78 is 0. The van der Waals surface area contributed by atoms with Gasteiger partial charge in [-0.15, -0.1) is 11.3 Å². The van der Waals surface area contributed by atoms with Crippen molar-refractivity contribution in [3.05, 3.63) is 52.9 Å². The van der Waals surface area contributed by atoms with Crippen LogP contribution in [0, 0.1) is 5.92 Å². The van der Waals surface area contributed by atoms with Gasteiger partial charge in [0.05, 0.1) is 23.1 Å². The number of carboxylic acid groups (broad SMARTS) is 1. The molecule has 1 aromatic heterocycles. The molecule has 3 aromatic rings. The van der Waals surface area contributed by atoms with E-state index in [1.165, 1.54) is 21.1 Å². The van der Waals surface area contributed by atoms with Crippen LogP contribution in [0.4, 0.5) is 16.2 Å². The number of amides is 1. The van der Waals surface area contributed by atoms with Crippen molar-refractivity contribution in [1.82, 2.24) is 10.3 Å². The molecule has 1 aliphatic heterocycles. The van der Waals surface area contributed by atoms with Crippen LogP contribution in [0.1, 0.15) is 24.9 Å². The molecule has 1 aliphatic rings. The van der Waals surface area contributed by atoms with Gasteiger partial charge in [0.25, 0.3) is 0 Å². The SMILES string of the molecule is CC(C)C(NC(=O)O)c1nc(-c2ccc3c(c2)Nc2ccccc2S3)cs1. The van der Waals surface area contributed by atoms with E-state index in [0.717, 1.165) is 27.6 Å². The summed E-state index contributed by atoms with van der Waals surface area (Å²) in [7, 11) is 0. The molecule has 7 heteroatoms. The van der Waals surface area contributed by atoms with E-state index in [2.05, 4.69) is 41.0 Å². The number of anilines is 2. The Morgan fingerprint density at radius 3 is 2.70 bits per heavy atom. The van der Waals surface area contributed by atoms with Crippen molar-refractivity contribution in [3.63, 3.8) is 0 Å². The summed E-state index contributed by atoms with van der Waals surface area (Å²) in [6.07, 6.45) is -1.03. The highest BCUT2D eigenvalue weighted by Crippen LogP contribution is 2.45. The number of nitrogens with zero attached hydrogens (tertiary/aromatic N) is 1. The van der Waals surface area contributed by atoms with Gasteiger partial charge in [0.2, 0.25) is 0 Å². The molecule has 27 heavy (non-hydrogen) atoms. The Morgan fingerprint density at radius 2 is 1.93 bits per heavy atom. The summed E-state index contributed by atoms with van der Waals surface area (Å²) >= 11 is 3.24. The van der Waals surface area contributed by atoms with Crippen LogP contribution in [0.3, 0.4) is 0 Å². The standard InChI is InChI=1S/C20H19N3O2S2/c1-11(2)18(23-20(24)25)19-22-15(10-26-19)12-7-8-17-14(9-12)21-13-5-3-4-6-16(13)27-17/h3-11,18,21,23H,1-2H3,(H,24,25). The number of carbonyl (C=O) groups is 1. The molecule has 1 amide bonds. The van der Waals surface area contributed by atoms with Gasteiger partial charge in [0.1, 0.15) is 5.01 Å². The topological polar surface area (TPSA) is 74.2 Å². The molecule has 0 aliphatic carbocycles. The molecule has 0 bridgehead atoms. The smallest absolute Gasteiger partial charge is 0.405 e. The number of hydrogen-bond donors (Lipinski definition) is 3. The van der Waals surface area contributed by atoms with E-state index in [1.54, 1.807) is 11.8 Å². The maximum absolute atomic E-state index is 11.1. The lowest BCUT2D eigenvalue weighted by atomic mass is 10.1. The molecule has 0 spiro atoms. The van der Waals surface area contributed by atoms with E-state index in [0.29, 0.717) is 0 Å². The average molecular weight is 398 g/mol. The van der Waals surface area contributed by atoms with Crippen molar-refractivity contribution in [1.29, 1.82) is 0 Å². The first-order chi connectivity index (χ1) is 13.0. The maximum atomic E-state index is 11.1. The van der Waals surface area contributed by atoms with E-state index in [-0.39, 0.29) is 12.0 Å². The minimum Gasteiger partial charge on any atom is -0.465 e. The van der Waals surface area contributed by atoms with Crippen molar-refractivity contribution in [2.75, 3.05) is 5.32 Å². The molecule has 0 saturated carbocycles. The Kier molecular flexibility index (Phi) is 4.80. The Morgan fingerprint density at radius 1 is 1.15 bits per heavy atom. The van der Waals surface area contributed by atoms with E-state index in [9.17, 15) is 4.79 Å². The highest BCUT2D eigenvalue weighted by Gasteiger charge is 2.22. The zero-order valence-corrected chi connectivity index (χ0v) is 16.5. The van der Waals surface area contributed by atoms with E-state index in [1.807, 2.05) is 31.4 Å². The van der Waals surface area contributed by atoms with Crippen LogP contribution in [-0.2, 0) is 0 Å². The van der Waals surface area contributed by atoms with Crippen molar-refractivity contribution in [2.24, 2.45) is 5.92 Å². The molecule has 138 valence electrons. The first kappa shape index (κ1) is 17.9. The number of fused-ring (bicyclic) bond motifs is 2. The molecular weight excluding hydrogens is 378 g/mol. The summed E-state index contributed by atoms with van der Waals surface area (Å²) in [5.74, 6) is 0.123. The van der Waals surface area contributed by atoms with E-state index >= 15 is 0 Å². The fourth-order valence-electron chi connectivity index (χ4n) is 3.01.